The van der Waals surface area contributed by atoms with Crippen molar-refractivity contribution in [2.45, 2.75) is 43.7 Å². The van der Waals surface area contributed by atoms with Gasteiger partial charge in [-0.25, -0.2) is 9.97 Å². The zero-order valence-electron chi connectivity index (χ0n) is 10.0. The van der Waals surface area contributed by atoms with Gasteiger partial charge in [-0.1, -0.05) is 0 Å². The Morgan fingerprint density at radius 1 is 1.35 bits per heavy atom. The van der Waals surface area contributed by atoms with Crippen LogP contribution in [0.2, 0.25) is 0 Å². The highest BCUT2D eigenvalue weighted by Gasteiger charge is 2.44. The minimum Gasteiger partial charge on any atom is -0.375 e. The van der Waals surface area contributed by atoms with Crippen molar-refractivity contribution in [1.29, 1.82) is 0 Å². The number of nitrogens with two attached hydrogens (primary N) is 1. The van der Waals surface area contributed by atoms with E-state index in [1.807, 2.05) is 6.07 Å². The maximum absolute atomic E-state index is 6.29. The lowest BCUT2D eigenvalue weighted by molar-refractivity contribution is -0.146. The van der Waals surface area contributed by atoms with E-state index in [9.17, 15) is 0 Å². The van der Waals surface area contributed by atoms with Crippen LogP contribution in [0.3, 0.4) is 0 Å². The summed E-state index contributed by atoms with van der Waals surface area (Å²) in [5.41, 5.74) is 6.44. The maximum atomic E-state index is 6.29. The Bertz CT molecular complexity index is 378. The Morgan fingerprint density at radius 3 is 2.76 bits per heavy atom. The van der Waals surface area contributed by atoms with Gasteiger partial charge >= 0.3 is 0 Å². The molecule has 1 saturated heterocycles. The van der Waals surface area contributed by atoms with Gasteiger partial charge in [0, 0.05) is 19.0 Å². The fourth-order valence-electron chi connectivity index (χ4n) is 2.99. The van der Waals surface area contributed by atoms with Gasteiger partial charge in [0.1, 0.15) is 5.82 Å². The van der Waals surface area contributed by atoms with E-state index in [0.29, 0.717) is 5.92 Å². The van der Waals surface area contributed by atoms with E-state index >= 15 is 0 Å². The van der Waals surface area contributed by atoms with Crippen LogP contribution in [0, 0.1) is 5.92 Å². The topological polar surface area (TPSA) is 61.0 Å². The molecule has 1 aliphatic carbocycles. The quantitative estimate of drug-likeness (QED) is 0.846. The smallest absolute Gasteiger partial charge is 0.145 e. The molecule has 1 aromatic heterocycles. The third kappa shape index (κ3) is 2.07. The molecule has 2 unspecified atom stereocenters. The lowest BCUT2D eigenvalue weighted by Crippen LogP contribution is -2.47. The summed E-state index contributed by atoms with van der Waals surface area (Å²) >= 11 is 0. The fourth-order valence-corrected chi connectivity index (χ4v) is 2.99. The van der Waals surface area contributed by atoms with Crippen molar-refractivity contribution in [2.75, 3.05) is 6.61 Å². The van der Waals surface area contributed by atoms with Gasteiger partial charge in [-0.2, -0.15) is 0 Å². The van der Waals surface area contributed by atoms with E-state index < -0.39 is 0 Å². The Kier molecular flexibility index (Phi) is 2.84. The second kappa shape index (κ2) is 4.35. The van der Waals surface area contributed by atoms with Gasteiger partial charge in [-0.3, -0.25) is 0 Å². The molecular weight excluding hydrogens is 214 g/mol. The largest absolute Gasteiger partial charge is 0.375 e. The molecule has 92 valence electrons. The summed E-state index contributed by atoms with van der Waals surface area (Å²) in [5.74, 6) is 1.24. The van der Waals surface area contributed by atoms with Crippen LogP contribution >= 0.6 is 0 Å². The van der Waals surface area contributed by atoms with Crippen molar-refractivity contribution < 1.29 is 4.74 Å². The highest BCUT2D eigenvalue weighted by molar-refractivity contribution is 5.02. The number of ether oxygens (including phenoxy) is 1. The van der Waals surface area contributed by atoms with Crippen molar-refractivity contribution >= 4 is 0 Å². The van der Waals surface area contributed by atoms with Gasteiger partial charge in [0.15, 0.2) is 0 Å². The fraction of sp³-hybridized carbons (Fsp3) is 0.692. The van der Waals surface area contributed by atoms with Crippen LogP contribution in [-0.2, 0) is 4.74 Å². The molecule has 0 radical (unpaired) electrons. The van der Waals surface area contributed by atoms with Crippen LogP contribution < -0.4 is 5.73 Å². The average molecular weight is 233 g/mol. The molecule has 1 saturated carbocycles. The summed E-state index contributed by atoms with van der Waals surface area (Å²) in [4.78, 5) is 8.54. The zero-order valence-corrected chi connectivity index (χ0v) is 10.0. The monoisotopic (exact) mass is 233 g/mol. The van der Waals surface area contributed by atoms with E-state index in [4.69, 9.17) is 10.5 Å². The third-order valence-electron chi connectivity index (χ3n) is 4.19. The summed E-state index contributed by atoms with van der Waals surface area (Å²) in [5, 5.41) is 0. The molecule has 2 aliphatic rings. The molecule has 2 N–H and O–H groups in total. The van der Waals surface area contributed by atoms with Crippen LogP contribution in [0.4, 0.5) is 0 Å². The standard InChI is InChI=1S/C13H19N3O/c14-11(12-15-6-2-7-16-12)10-3-8-17-13(9-10)4-1-5-13/h2,6-7,10-11H,1,3-5,8-9,14H2. The second-order valence-corrected chi connectivity index (χ2v) is 5.27. The van der Waals surface area contributed by atoms with Crippen LogP contribution in [0.5, 0.6) is 0 Å². The van der Waals surface area contributed by atoms with Crippen LogP contribution in [0.1, 0.15) is 44.0 Å². The highest BCUT2D eigenvalue weighted by Crippen LogP contribution is 2.46. The first-order valence-electron chi connectivity index (χ1n) is 6.46. The van der Waals surface area contributed by atoms with Gasteiger partial charge < -0.3 is 10.5 Å². The van der Waals surface area contributed by atoms with Crippen molar-refractivity contribution in [3.8, 4) is 0 Å². The molecule has 2 heterocycles. The second-order valence-electron chi connectivity index (χ2n) is 5.27. The molecule has 2 atom stereocenters. The lowest BCUT2D eigenvalue weighted by atomic mass is 9.70. The Hall–Kier alpha value is -1.00. The minimum absolute atomic E-state index is 0.0439. The van der Waals surface area contributed by atoms with E-state index in [1.165, 1.54) is 19.3 Å². The van der Waals surface area contributed by atoms with E-state index in [0.717, 1.165) is 25.3 Å². The number of hydrogen-bond donors (Lipinski definition) is 1. The van der Waals surface area contributed by atoms with Gasteiger partial charge in [0.2, 0.25) is 0 Å². The number of rotatable bonds is 2. The lowest BCUT2D eigenvalue weighted by Gasteiger charge is -2.48. The van der Waals surface area contributed by atoms with E-state index in [2.05, 4.69) is 9.97 Å². The van der Waals surface area contributed by atoms with E-state index in [1.54, 1.807) is 12.4 Å². The molecule has 4 heteroatoms. The highest BCUT2D eigenvalue weighted by atomic mass is 16.5. The minimum atomic E-state index is -0.0439. The maximum Gasteiger partial charge on any atom is 0.145 e. The van der Waals surface area contributed by atoms with Crippen molar-refractivity contribution in [3.05, 3.63) is 24.3 Å². The molecule has 1 spiro atoms. The van der Waals surface area contributed by atoms with Crippen LogP contribution in [0.15, 0.2) is 18.5 Å². The third-order valence-corrected chi connectivity index (χ3v) is 4.19. The molecule has 3 rings (SSSR count). The first-order valence-corrected chi connectivity index (χ1v) is 6.46. The summed E-state index contributed by atoms with van der Waals surface area (Å²) in [6.07, 6.45) is 9.33. The molecule has 1 aromatic rings. The number of aromatic nitrogens is 2. The van der Waals surface area contributed by atoms with Gasteiger partial charge in [-0.15, -0.1) is 0 Å². The number of hydrogen-bond acceptors (Lipinski definition) is 4. The molecule has 2 fully saturated rings. The zero-order chi connectivity index (χ0) is 11.7. The Balaban J connectivity index is 1.71. The summed E-state index contributed by atoms with van der Waals surface area (Å²) in [6, 6.07) is 1.78. The average Bonchev–Trinajstić information content (AvgIpc) is 2.37. The molecular formula is C13H19N3O. The predicted molar refractivity (Wildman–Crippen MR) is 64.2 cm³/mol. The normalized spacial score (nSPS) is 28.6. The molecule has 0 bridgehead atoms. The summed E-state index contributed by atoms with van der Waals surface area (Å²) in [6.45, 7) is 0.838. The van der Waals surface area contributed by atoms with Crippen molar-refractivity contribution in [3.63, 3.8) is 0 Å². The van der Waals surface area contributed by atoms with Gasteiger partial charge in [0.25, 0.3) is 0 Å². The summed E-state index contributed by atoms with van der Waals surface area (Å²) < 4.78 is 5.92. The molecule has 0 aromatic carbocycles. The van der Waals surface area contributed by atoms with E-state index in [-0.39, 0.29) is 11.6 Å². The molecule has 4 nitrogen and oxygen atoms in total. The Morgan fingerprint density at radius 2 is 2.12 bits per heavy atom. The van der Waals surface area contributed by atoms with Crippen LogP contribution in [-0.4, -0.2) is 22.2 Å². The van der Waals surface area contributed by atoms with Crippen LogP contribution in [0.25, 0.3) is 0 Å². The first-order chi connectivity index (χ1) is 8.29. The molecule has 0 amide bonds. The number of nitrogens with zero attached hydrogens (tertiary/aromatic N) is 2. The summed E-state index contributed by atoms with van der Waals surface area (Å²) in [7, 11) is 0. The molecule has 17 heavy (non-hydrogen) atoms. The predicted octanol–water partition coefficient (Wildman–Crippen LogP) is 1.83. The first kappa shape index (κ1) is 11.1. The molecule has 1 aliphatic heterocycles. The van der Waals surface area contributed by atoms with Gasteiger partial charge in [0.05, 0.1) is 11.6 Å². The van der Waals surface area contributed by atoms with Crippen molar-refractivity contribution in [1.82, 2.24) is 9.97 Å². The van der Waals surface area contributed by atoms with Gasteiger partial charge in [-0.05, 0) is 44.1 Å². The van der Waals surface area contributed by atoms with Crippen molar-refractivity contribution in [2.24, 2.45) is 11.7 Å². The Labute approximate surface area is 102 Å². The SMILES string of the molecule is NC(c1ncccn1)C1CCOC2(CCC2)C1.